The second-order valence-electron chi connectivity index (χ2n) is 7.98. The van der Waals surface area contributed by atoms with E-state index in [-0.39, 0.29) is 17.4 Å². The smallest absolute Gasteiger partial charge is 0.336 e. The van der Waals surface area contributed by atoms with Crippen molar-refractivity contribution in [1.82, 2.24) is 10.3 Å². The predicted octanol–water partition coefficient (Wildman–Crippen LogP) is 5.66. The first-order valence-corrected chi connectivity index (χ1v) is 11.0. The number of thiocarbonyl (C=S) groups is 1. The summed E-state index contributed by atoms with van der Waals surface area (Å²) in [5, 5.41) is 13.4. The lowest BCUT2D eigenvalue weighted by Gasteiger charge is -2.26. The maximum Gasteiger partial charge on any atom is 0.336 e. The quantitative estimate of drug-likeness (QED) is 0.362. The molecule has 6 nitrogen and oxygen atoms in total. The van der Waals surface area contributed by atoms with Crippen LogP contribution in [0.15, 0.2) is 83.4 Å². The Kier molecular flexibility index (Phi) is 5.59. The molecule has 2 atom stereocenters. The number of nitrogens with one attached hydrogen (secondary N) is 1. The Morgan fingerprint density at radius 3 is 2.65 bits per heavy atom. The number of halogens is 1. The fourth-order valence-electron chi connectivity index (χ4n) is 4.24. The summed E-state index contributed by atoms with van der Waals surface area (Å²) < 4.78 is 20.2. The number of hydrogen-bond acceptors (Lipinski definition) is 4. The van der Waals surface area contributed by atoms with Crippen molar-refractivity contribution in [2.45, 2.75) is 19.0 Å². The number of aromatic nitrogens is 1. The average Bonchev–Trinajstić information content (AvgIpc) is 3.46. The number of hydrogen-bond donors (Lipinski definition) is 2. The van der Waals surface area contributed by atoms with E-state index in [9.17, 15) is 14.3 Å². The van der Waals surface area contributed by atoms with Crippen molar-refractivity contribution in [3.8, 4) is 11.3 Å². The van der Waals surface area contributed by atoms with E-state index < -0.39 is 12.0 Å². The van der Waals surface area contributed by atoms with Crippen molar-refractivity contribution in [3.63, 3.8) is 0 Å². The summed E-state index contributed by atoms with van der Waals surface area (Å²) in [6, 6.07) is 19.9. The van der Waals surface area contributed by atoms with Gasteiger partial charge in [-0.15, -0.1) is 0 Å². The third-order valence-electron chi connectivity index (χ3n) is 5.86. The van der Waals surface area contributed by atoms with Gasteiger partial charge in [0, 0.05) is 17.4 Å². The summed E-state index contributed by atoms with van der Waals surface area (Å²) in [5.74, 6) is -0.335. The molecule has 0 bridgehead atoms. The number of aromatic carboxylic acids is 1. The van der Waals surface area contributed by atoms with Crippen molar-refractivity contribution in [2.24, 2.45) is 0 Å². The van der Waals surface area contributed by atoms with Crippen molar-refractivity contribution in [2.75, 3.05) is 4.90 Å². The van der Waals surface area contributed by atoms with Crippen LogP contribution in [0.5, 0.6) is 0 Å². The van der Waals surface area contributed by atoms with Gasteiger partial charge in [0.1, 0.15) is 23.4 Å². The molecule has 2 aromatic carbocycles. The van der Waals surface area contributed by atoms with Crippen LogP contribution in [0.3, 0.4) is 0 Å². The number of nitrogens with zero attached hydrogens (tertiary/aromatic N) is 2. The molecule has 170 valence electrons. The van der Waals surface area contributed by atoms with Gasteiger partial charge in [0.05, 0.1) is 17.3 Å². The highest BCUT2D eigenvalue weighted by molar-refractivity contribution is 7.80. The molecule has 1 saturated heterocycles. The first-order chi connectivity index (χ1) is 16.4. The zero-order chi connectivity index (χ0) is 23.8. The van der Waals surface area contributed by atoms with Crippen molar-refractivity contribution >= 4 is 29.0 Å². The summed E-state index contributed by atoms with van der Waals surface area (Å²) in [6.45, 7) is 1.70. The number of rotatable bonds is 5. The Morgan fingerprint density at radius 1 is 1.12 bits per heavy atom. The van der Waals surface area contributed by atoms with Crippen LogP contribution < -0.4 is 10.2 Å². The third-order valence-corrected chi connectivity index (χ3v) is 6.17. The van der Waals surface area contributed by atoms with Crippen LogP contribution in [0, 0.1) is 12.7 Å². The topological polar surface area (TPSA) is 78.6 Å². The summed E-state index contributed by atoms with van der Waals surface area (Å²) >= 11 is 5.68. The highest BCUT2D eigenvalue weighted by Gasteiger charge is 2.42. The Labute approximate surface area is 200 Å². The van der Waals surface area contributed by atoms with Crippen molar-refractivity contribution in [1.29, 1.82) is 0 Å². The summed E-state index contributed by atoms with van der Waals surface area (Å²) in [6.07, 6.45) is 1.71. The van der Waals surface area contributed by atoms with Crippen LogP contribution >= 0.6 is 12.2 Å². The van der Waals surface area contributed by atoms with Crippen molar-refractivity contribution < 1.29 is 18.7 Å². The van der Waals surface area contributed by atoms with E-state index in [2.05, 4.69) is 10.3 Å². The third kappa shape index (κ3) is 3.82. The van der Waals surface area contributed by atoms with Gasteiger partial charge in [-0.2, -0.15) is 0 Å². The van der Waals surface area contributed by atoms with Crippen LogP contribution in [0.25, 0.3) is 11.3 Å². The van der Waals surface area contributed by atoms with Gasteiger partial charge in [0.2, 0.25) is 0 Å². The highest BCUT2D eigenvalue weighted by atomic mass is 32.1. The second-order valence-corrected chi connectivity index (χ2v) is 8.37. The highest BCUT2D eigenvalue weighted by Crippen LogP contribution is 2.43. The zero-order valence-corrected chi connectivity index (χ0v) is 18.9. The Hall–Kier alpha value is -4.04. The SMILES string of the molecule is Cc1cc(N2C(=S)NC(c3ccccn3)C2c2ccc(-c3ccccc3C(=O)O)o2)ccc1F. The van der Waals surface area contributed by atoms with E-state index in [1.54, 1.807) is 49.5 Å². The lowest BCUT2D eigenvalue weighted by molar-refractivity contribution is 0.0697. The average molecular weight is 474 g/mol. The Balaban J connectivity index is 1.63. The minimum absolute atomic E-state index is 0.149. The molecule has 8 heteroatoms. The zero-order valence-electron chi connectivity index (χ0n) is 18.1. The fourth-order valence-corrected chi connectivity index (χ4v) is 4.59. The second kappa shape index (κ2) is 8.72. The molecule has 2 aromatic heterocycles. The van der Waals surface area contributed by atoms with Gasteiger partial charge in [-0.25, -0.2) is 9.18 Å². The van der Waals surface area contributed by atoms with Crippen LogP contribution in [0.1, 0.15) is 39.5 Å². The van der Waals surface area contributed by atoms with E-state index in [0.29, 0.717) is 33.4 Å². The lowest BCUT2D eigenvalue weighted by Crippen LogP contribution is -2.29. The molecule has 34 heavy (non-hydrogen) atoms. The van der Waals surface area contributed by atoms with Gasteiger partial charge in [0.15, 0.2) is 5.11 Å². The van der Waals surface area contributed by atoms with E-state index >= 15 is 0 Å². The largest absolute Gasteiger partial charge is 0.478 e. The molecule has 0 saturated carbocycles. The van der Waals surface area contributed by atoms with Gasteiger partial charge in [-0.3, -0.25) is 4.98 Å². The molecule has 5 rings (SSSR count). The molecule has 2 N–H and O–H groups in total. The minimum Gasteiger partial charge on any atom is -0.478 e. The van der Waals surface area contributed by atoms with Gasteiger partial charge < -0.3 is 19.7 Å². The number of aryl methyl sites for hydroxylation is 1. The molecule has 1 aliphatic heterocycles. The van der Waals surface area contributed by atoms with Gasteiger partial charge in [-0.05, 0) is 73.2 Å². The molecular weight excluding hydrogens is 453 g/mol. The Bertz CT molecular complexity index is 1390. The Morgan fingerprint density at radius 2 is 1.91 bits per heavy atom. The van der Waals surface area contributed by atoms with E-state index in [0.717, 1.165) is 5.69 Å². The molecule has 0 radical (unpaired) electrons. The standard InChI is InChI=1S/C26H20FN3O3S/c1-15-14-16(9-10-19(15)27)30-24(23(29-26(30)34)20-8-4-5-13-28-20)22-12-11-21(33-22)17-6-2-3-7-18(17)25(31)32/h2-14,23-24H,1H3,(H,29,34)(H,31,32). The number of anilines is 1. The van der Waals surface area contributed by atoms with Gasteiger partial charge in [0.25, 0.3) is 0 Å². The molecule has 1 aliphatic rings. The normalized spacial score (nSPS) is 17.6. The number of pyridine rings is 1. The van der Waals surface area contributed by atoms with Crippen LogP contribution in [0.2, 0.25) is 0 Å². The maximum atomic E-state index is 14.0. The molecule has 1 fully saturated rings. The molecular formula is C26H20FN3O3S. The van der Waals surface area contributed by atoms with Crippen molar-refractivity contribution in [3.05, 3.63) is 107 Å². The molecule has 0 aliphatic carbocycles. The lowest BCUT2D eigenvalue weighted by atomic mass is 10.0. The van der Waals surface area contributed by atoms with E-state index in [1.807, 2.05) is 29.2 Å². The fraction of sp³-hybridized carbons (Fsp3) is 0.115. The minimum atomic E-state index is -1.04. The molecule has 2 unspecified atom stereocenters. The van der Waals surface area contributed by atoms with Crippen LogP contribution in [-0.4, -0.2) is 21.2 Å². The molecule has 4 aromatic rings. The monoisotopic (exact) mass is 473 g/mol. The first-order valence-electron chi connectivity index (χ1n) is 10.6. The summed E-state index contributed by atoms with van der Waals surface area (Å²) in [7, 11) is 0. The molecule has 0 spiro atoms. The summed E-state index contributed by atoms with van der Waals surface area (Å²) in [4.78, 5) is 18.1. The summed E-state index contributed by atoms with van der Waals surface area (Å²) in [5.41, 5.74) is 2.60. The van der Waals surface area contributed by atoms with Gasteiger partial charge in [-0.1, -0.05) is 24.3 Å². The number of carbonyl (C=O) groups is 1. The number of carboxylic acid groups (broad SMARTS) is 1. The van der Waals surface area contributed by atoms with Crippen LogP contribution in [-0.2, 0) is 0 Å². The molecule has 3 heterocycles. The van der Waals surface area contributed by atoms with E-state index in [1.165, 1.54) is 12.1 Å². The number of furan rings is 1. The maximum absolute atomic E-state index is 14.0. The van der Waals surface area contributed by atoms with Crippen LogP contribution in [0.4, 0.5) is 10.1 Å². The van der Waals surface area contributed by atoms with E-state index in [4.69, 9.17) is 16.6 Å². The van der Waals surface area contributed by atoms with Gasteiger partial charge >= 0.3 is 5.97 Å². The predicted molar refractivity (Wildman–Crippen MR) is 130 cm³/mol. The number of carboxylic acids is 1. The molecule has 0 amide bonds. The first kappa shape index (κ1) is 21.8. The number of benzene rings is 2.